The molecule has 0 saturated carbocycles. The summed E-state index contributed by atoms with van der Waals surface area (Å²) in [6, 6.07) is 14.6. The van der Waals surface area contributed by atoms with Gasteiger partial charge in [0.15, 0.2) is 0 Å². The molecule has 0 aliphatic rings. The van der Waals surface area contributed by atoms with Gasteiger partial charge in [-0.05, 0) is 73.2 Å². The molecule has 0 N–H and O–H groups in total. The molecule has 6 nitrogen and oxygen atoms in total. The number of hydrogen-bond donors (Lipinski definition) is 0. The molecule has 8 heteroatoms. The summed E-state index contributed by atoms with van der Waals surface area (Å²) >= 11 is 3.45. The van der Waals surface area contributed by atoms with Gasteiger partial charge >= 0.3 is 29.4 Å². The summed E-state index contributed by atoms with van der Waals surface area (Å²) in [5.41, 5.74) is 5.89. The van der Waals surface area contributed by atoms with Crippen molar-refractivity contribution >= 4 is 28.2 Å². The van der Waals surface area contributed by atoms with Crippen LogP contribution in [-0.2, 0) is 49.1 Å². The van der Waals surface area contributed by atoms with E-state index in [2.05, 4.69) is 67.0 Å². The molecule has 0 saturated heterocycles. The molecular weight excluding hydrogens is 500 g/mol. The molecule has 0 spiro atoms. The van der Waals surface area contributed by atoms with Crippen molar-refractivity contribution in [2.24, 2.45) is 0 Å². The van der Waals surface area contributed by atoms with E-state index < -0.39 is 0 Å². The normalized spacial score (nSPS) is 7.27. The topological polar surface area (TPSA) is 116 Å². The van der Waals surface area contributed by atoms with Crippen LogP contribution in [0.1, 0.15) is 41.7 Å². The second-order valence-corrected chi connectivity index (χ2v) is 6.25. The van der Waals surface area contributed by atoms with Crippen molar-refractivity contribution in [2.45, 2.75) is 40.5 Å². The summed E-state index contributed by atoms with van der Waals surface area (Å²) in [6.45, 7) is 13.1. The Kier molecular flexibility index (Phi) is 28.0. The number of nitrogens with zero attached hydrogens (tertiary/aromatic N) is 2. The maximum Gasteiger partial charge on any atom is 1.00 e. The minimum Gasteiger partial charge on any atom is -0.512 e. The second kappa shape index (κ2) is 24.2. The number of nitriles is 1. The summed E-state index contributed by atoms with van der Waals surface area (Å²) in [4.78, 5) is 32.5. The molecule has 0 radical (unpaired) electrons. The summed E-state index contributed by atoms with van der Waals surface area (Å²) in [5, 5.41) is 14.9. The van der Waals surface area contributed by atoms with Crippen LogP contribution in [-0.4, -0.2) is 12.3 Å². The van der Waals surface area contributed by atoms with E-state index in [1.54, 1.807) is 0 Å². The molecule has 0 fully saturated rings. The Labute approximate surface area is 196 Å². The van der Waals surface area contributed by atoms with E-state index in [1.807, 2.05) is 19.1 Å². The number of aryl methyl sites for hydroxylation is 4. The molecule has 0 heterocycles. The largest absolute Gasteiger partial charge is 1.00 e. The molecule has 0 atom stereocenters. The van der Waals surface area contributed by atoms with Crippen molar-refractivity contribution in [1.29, 1.82) is 10.5 Å². The van der Waals surface area contributed by atoms with Gasteiger partial charge in [0.05, 0.1) is 11.6 Å². The van der Waals surface area contributed by atoms with Crippen LogP contribution >= 0.6 is 15.9 Å². The zero-order chi connectivity index (χ0) is 23.2. The zero-order valence-corrected chi connectivity index (χ0v) is 19.6. The van der Waals surface area contributed by atoms with Crippen LogP contribution in [0.3, 0.4) is 0 Å². The summed E-state index contributed by atoms with van der Waals surface area (Å²) < 4.78 is 1.18. The third kappa shape index (κ3) is 19.9. The third-order valence-electron chi connectivity index (χ3n) is 3.18. The van der Waals surface area contributed by atoms with Crippen molar-refractivity contribution < 1.29 is 36.2 Å². The van der Waals surface area contributed by atoms with Gasteiger partial charge in [0.25, 0.3) is 0 Å². The Hall–Kier alpha value is -2.82. The predicted octanol–water partition coefficient (Wildman–Crippen LogP) is 4.68. The maximum atomic E-state index is 8.63. The molecule has 0 aliphatic heterocycles. The Morgan fingerprint density at radius 2 is 1.17 bits per heavy atom. The second-order valence-electron chi connectivity index (χ2n) is 5.33. The number of rotatable bonds is 2. The van der Waals surface area contributed by atoms with Gasteiger partial charge in [-0.1, -0.05) is 41.9 Å². The van der Waals surface area contributed by atoms with Gasteiger partial charge in [-0.2, -0.15) is 24.4 Å². The molecule has 0 amide bonds. The molecule has 0 aliphatic carbocycles. The van der Waals surface area contributed by atoms with Crippen molar-refractivity contribution in [3.05, 3.63) is 75.3 Å². The molecule has 2 rings (SSSR count). The Morgan fingerprint density at radius 3 is 1.50 bits per heavy atom. The SMILES string of the molecule is CCc1cc(C)cc(Br)c1.CCc1cc(C)cc(C#N)c1.O=C=O.O=C=O.[C-]#N.[Cu+]. The molecule has 2 aromatic rings. The quantitative estimate of drug-likeness (QED) is 0.418. The van der Waals surface area contributed by atoms with Gasteiger partial charge in [0.1, 0.15) is 0 Å². The molecule has 0 aromatic heterocycles. The van der Waals surface area contributed by atoms with Gasteiger partial charge in [-0.3, -0.25) is 0 Å². The van der Waals surface area contributed by atoms with Crippen LogP contribution < -0.4 is 0 Å². The summed E-state index contributed by atoms with van der Waals surface area (Å²) in [5.74, 6) is 0. The van der Waals surface area contributed by atoms with E-state index in [-0.39, 0.29) is 29.4 Å². The van der Waals surface area contributed by atoms with Crippen molar-refractivity contribution in [3.8, 4) is 6.07 Å². The average molecular weight is 522 g/mol. The summed E-state index contributed by atoms with van der Waals surface area (Å²) in [6.07, 6.45) is 2.61. The standard InChI is InChI=1S/C10H11N.C9H11Br.CN.2CO2.Cu/c1-3-9-4-8(2)5-10(6-9)7-11;1-3-8-4-7(2)5-9(10)6-8;1-2;2*2-1-3;/h4-6H,3H2,1-2H3;4-6H,3H2,1-2H3;;;;/q;;-1;;;+1. The molecule has 162 valence electrons. The fourth-order valence-corrected chi connectivity index (χ4v) is 2.80. The van der Waals surface area contributed by atoms with E-state index in [4.69, 9.17) is 36.3 Å². The molecular formula is C22H22BrCuN2O4. The summed E-state index contributed by atoms with van der Waals surface area (Å²) in [7, 11) is 0. The average Bonchev–Trinajstić information content (AvgIpc) is 2.70. The van der Waals surface area contributed by atoms with E-state index >= 15 is 0 Å². The van der Waals surface area contributed by atoms with Gasteiger partial charge in [0.2, 0.25) is 0 Å². The Morgan fingerprint density at radius 1 is 0.800 bits per heavy atom. The molecule has 30 heavy (non-hydrogen) atoms. The Balaban J connectivity index is -0.000000164. The minimum atomic E-state index is 0. The first-order valence-electron chi connectivity index (χ1n) is 8.29. The fraction of sp³-hybridized carbons (Fsp3) is 0.273. The van der Waals surface area contributed by atoms with Crippen LogP contribution in [0.15, 0.2) is 40.9 Å². The van der Waals surface area contributed by atoms with Crippen LogP contribution in [0.25, 0.3) is 0 Å². The van der Waals surface area contributed by atoms with E-state index in [0.717, 1.165) is 18.4 Å². The molecule has 0 bridgehead atoms. The van der Waals surface area contributed by atoms with Crippen LogP contribution in [0.4, 0.5) is 0 Å². The fourth-order valence-electron chi connectivity index (χ4n) is 2.15. The van der Waals surface area contributed by atoms with Crippen molar-refractivity contribution in [2.75, 3.05) is 0 Å². The Bertz CT molecular complexity index is 833. The van der Waals surface area contributed by atoms with Crippen molar-refractivity contribution in [3.63, 3.8) is 0 Å². The number of benzene rings is 2. The molecule has 0 unspecified atom stereocenters. The molecule has 2 aromatic carbocycles. The van der Waals surface area contributed by atoms with E-state index in [0.29, 0.717) is 0 Å². The zero-order valence-electron chi connectivity index (χ0n) is 17.1. The number of halogens is 1. The van der Waals surface area contributed by atoms with E-state index in [1.165, 1.54) is 26.7 Å². The first-order chi connectivity index (χ1) is 13.8. The van der Waals surface area contributed by atoms with Gasteiger partial charge in [0, 0.05) is 4.47 Å². The van der Waals surface area contributed by atoms with Gasteiger partial charge < -0.3 is 11.8 Å². The maximum absolute atomic E-state index is 8.63. The monoisotopic (exact) mass is 520 g/mol. The number of carbonyl (C=O) groups excluding carboxylic acids is 4. The minimum absolute atomic E-state index is 0. The van der Waals surface area contributed by atoms with Crippen LogP contribution in [0.2, 0.25) is 0 Å². The van der Waals surface area contributed by atoms with E-state index in [9.17, 15) is 0 Å². The first kappa shape index (κ1) is 34.7. The van der Waals surface area contributed by atoms with Gasteiger partial charge in [-0.15, -0.1) is 0 Å². The van der Waals surface area contributed by atoms with Gasteiger partial charge in [-0.25, -0.2) is 0 Å². The van der Waals surface area contributed by atoms with Crippen molar-refractivity contribution in [1.82, 2.24) is 0 Å². The van der Waals surface area contributed by atoms with Crippen LogP contribution in [0.5, 0.6) is 0 Å². The smallest absolute Gasteiger partial charge is 0.512 e. The predicted molar refractivity (Wildman–Crippen MR) is 109 cm³/mol. The first-order valence-corrected chi connectivity index (χ1v) is 9.08. The number of hydrogen-bond acceptors (Lipinski definition) is 6. The third-order valence-corrected chi connectivity index (χ3v) is 3.64. The van der Waals surface area contributed by atoms with Crippen LogP contribution in [0, 0.1) is 37.0 Å².